The fourth-order valence-corrected chi connectivity index (χ4v) is 2.78. The molecule has 1 atom stereocenters. The zero-order chi connectivity index (χ0) is 15.2. The van der Waals surface area contributed by atoms with Crippen molar-refractivity contribution in [3.63, 3.8) is 0 Å². The molecule has 0 bridgehead atoms. The van der Waals surface area contributed by atoms with Crippen molar-refractivity contribution in [2.24, 2.45) is 0 Å². The Morgan fingerprint density at radius 2 is 1.86 bits per heavy atom. The molecule has 0 radical (unpaired) electrons. The molecule has 0 amide bonds. The van der Waals surface area contributed by atoms with Gasteiger partial charge in [-0.25, -0.2) is 0 Å². The molecule has 1 N–H and O–H groups in total. The molecular weight excluding hydrogens is 324 g/mol. The molecule has 112 valence electrons. The molecule has 0 spiro atoms. The standard InChI is InChI=1S/C18H23BrN2/c1-4-12-20-14(2)17-11-10-15(19)13-18(17)21(3)16-8-6-5-7-9-16/h5-11,13-14,20H,4,12H2,1-3H3. The van der Waals surface area contributed by atoms with E-state index in [0.717, 1.165) is 17.4 Å². The van der Waals surface area contributed by atoms with Gasteiger partial charge in [-0.1, -0.05) is 47.1 Å². The van der Waals surface area contributed by atoms with E-state index in [9.17, 15) is 0 Å². The number of nitrogens with one attached hydrogen (secondary N) is 1. The van der Waals surface area contributed by atoms with E-state index >= 15 is 0 Å². The van der Waals surface area contributed by atoms with E-state index in [2.05, 4.69) is 89.5 Å². The van der Waals surface area contributed by atoms with Gasteiger partial charge in [0.15, 0.2) is 0 Å². The van der Waals surface area contributed by atoms with Gasteiger partial charge in [0.2, 0.25) is 0 Å². The number of nitrogens with zero attached hydrogens (tertiary/aromatic N) is 1. The lowest BCUT2D eigenvalue weighted by atomic mass is 10.0. The zero-order valence-corrected chi connectivity index (χ0v) is 14.5. The third kappa shape index (κ3) is 4.08. The number of hydrogen-bond donors (Lipinski definition) is 1. The summed E-state index contributed by atoms with van der Waals surface area (Å²) in [7, 11) is 2.12. The third-order valence-corrected chi connectivity index (χ3v) is 4.16. The maximum absolute atomic E-state index is 3.59. The second kappa shape index (κ2) is 7.62. The fraction of sp³-hybridized carbons (Fsp3) is 0.333. The van der Waals surface area contributed by atoms with Crippen LogP contribution in [-0.2, 0) is 0 Å². The van der Waals surface area contributed by atoms with Crippen molar-refractivity contribution >= 4 is 27.3 Å². The van der Waals surface area contributed by atoms with Crippen molar-refractivity contribution in [3.05, 3.63) is 58.6 Å². The molecular formula is C18H23BrN2. The minimum Gasteiger partial charge on any atom is -0.344 e. The van der Waals surface area contributed by atoms with Crippen molar-refractivity contribution in [3.8, 4) is 0 Å². The van der Waals surface area contributed by atoms with Gasteiger partial charge >= 0.3 is 0 Å². The van der Waals surface area contributed by atoms with Crippen LogP contribution < -0.4 is 10.2 Å². The van der Waals surface area contributed by atoms with Crippen molar-refractivity contribution in [2.45, 2.75) is 26.3 Å². The molecule has 2 aromatic rings. The quantitative estimate of drug-likeness (QED) is 0.765. The average Bonchev–Trinajstić information content (AvgIpc) is 2.52. The van der Waals surface area contributed by atoms with Crippen LogP contribution in [0, 0.1) is 0 Å². The van der Waals surface area contributed by atoms with Gasteiger partial charge in [-0.2, -0.15) is 0 Å². The molecule has 0 aliphatic heterocycles. The summed E-state index contributed by atoms with van der Waals surface area (Å²) in [5.74, 6) is 0. The molecule has 21 heavy (non-hydrogen) atoms. The van der Waals surface area contributed by atoms with Gasteiger partial charge in [0.1, 0.15) is 0 Å². The van der Waals surface area contributed by atoms with E-state index in [1.165, 1.54) is 16.9 Å². The van der Waals surface area contributed by atoms with E-state index in [1.54, 1.807) is 0 Å². The topological polar surface area (TPSA) is 15.3 Å². The Hall–Kier alpha value is -1.32. The van der Waals surface area contributed by atoms with E-state index in [-0.39, 0.29) is 0 Å². The summed E-state index contributed by atoms with van der Waals surface area (Å²) in [6, 6.07) is 17.3. The second-order valence-corrected chi connectivity index (χ2v) is 6.19. The largest absolute Gasteiger partial charge is 0.344 e. The van der Waals surface area contributed by atoms with Crippen LogP contribution in [0.2, 0.25) is 0 Å². The van der Waals surface area contributed by atoms with E-state index < -0.39 is 0 Å². The predicted molar refractivity (Wildman–Crippen MR) is 95.4 cm³/mol. The Bertz CT molecular complexity index is 569. The van der Waals surface area contributed by atoms with Crippen molar-refractivity contribution in [1.82, 2.24) is 5.32 Å². The maximum atomic E-state index is 3.59. The summed E-state index contributed by atoms with van der Waals surface area (Å²) < 4.78 is 1.10. The highest BCUT2D eigenvalue weighted by atomic mass is 79.9. The lowest BCUT2D eigenvalue weighted by Crippen LogP contribution is -2.22. The van der Waals surface area contributed by atoms with Crippen molar-refractivity contribution < 1.29 is 0 Å². The van der Waals surface area contributed by atoms with Gasteiger partial charge in [0.25, 0.3) is 0 Å². The van der Waals surface area contributed by atoms with Crippen LogP contribution in [0.15, 0.2) is 53.0 Å². The van der Waals surface area contributed by atoms with Crippen LogP contribution in [0.4, 0.5) is 11.4 Å². The van der Waals surface area contributed by atoms with E-state index in [1.807, 2.05) is 6.07 Å². The van der Waals surface area contributed by atoms with Gasteiger partial charge in [0, 0.05) is 28.9 Å². The number of hydrogen-bond acceptors (Lipinski definition) is 2. The molecule has 0 aromatic heterocycles. The van der Waals surface area contributed by atoms with Gasteiger partial charge in [-0.05, 0) is 49.7 Å². The summed E-state index contributed by atoms with van der Waals surface area (Å²) in [4.78, 5) is 2.24. The SMILES string of the molecule is CCCNC(C)c1ccc(Br)cc1N(C)c1ccccc1. The van der Waals surface area contributed by atoms with Gasteiger partial charge < -0.3 is 10.2 Å². The van der Waals surface area contributed by atoms with Crippen LogP contribution in [0.5, 0.6) is 0 Å². The Balaban J connectivity index is 2.35. The van der Waals surface area contributed by atoms with Crippen LogP contribution >= 0.6 is 15.9 Å². The molecule has 0 saturated carbocycles. The minimum atomic E-state index is 0.333. The monoisotopic (exact) mass is 346 g/mol. The molecule has 0 aliphatic rings. The number of anilines is 2. The summed E-state index contributed by atoms with van der Waals surface area (Å²) in [5, 5.41) is 3.57. The normalized spacial score (nSPS) is 12.2. The highest BCUT2D eigenvalue weighted by molar-refractivity contribution is 9.10. The van der Waals surface area contributed by atoms with E-state index in [0.29, 0.717) is 6.04 Å². The Kier molecular flexibility index (Phi) is 5.83. The smallest absolute Gasteiger partial charge is 0.0467 e. The van der Waals surface area contributed by atoms with E-state index in [4.69, 9.17) is 0 Å². The number of rotatable bonds is 6. The lowest BCUT2D eigenvalue weighted by Gasteiger charge is -2.26. The number of para-hydroxylation sites is 1. The average molecular weight is 347 g/mol. The first-order valence-corrected chi connectivity index (χ1v) is 8.24. The number of halogens is 1. The maximum Gasteiger partial charge on any atom is 0.0467 e. The molecule has 2 nitrogen and oxygen atoms in total. The Morgan fingerprint density at radius 3 is 2.52 bits per heavy atom. The molecule has 2 rings (SSSR count). The molecule has 1 unspecified atom stereocenters. The first kappa shape index (κ1) is 16.1. The molecule has 0 aliphatic carbocycles. The minimum absolute atomic E-state index is 0.333. The van der Waals surface area contributed by atoms with Gasteiger partial charge in [0.05, 0.1) is 0 Å². The Morgan fingerprint density at radius 1 is 1.14 bits per heavy atom. The summed E-state index contributed by atoms with van der Waals surface area (Å²) in [6.45, 7) is 5.45. The third-order valence-electron chi connectivity index (χ3n) is 3.66. The summed E-state index contributed by atoms with van der Waals surface area (Å²) >= 11 is 3.59. The highest BCUT2D eigenvalue weighted by Gasteiger charge is 2.14. The zero-order valence-electron chi connectivity index (χ0n) is 12.9. The summed E-state index contributed by atoms with van der Waals surface area (Å²) in [5.41, 5.74) is 3.74. The molecule has 0 fully saturated rings. The Labute approximate surface area is 136 Å². The molecule has 2 aromatic carbocycles. The predicted octanol–water partition coefficient (Wildman–Crippen LogP) is 5.28. The molecule has 0 saturated heterocycles. The van der Waals surface area contributed by atoms with Crippen LogP contribution in [0.3, 0.4) is 0 Å². The first-order chi connectivity index (χ1) is 10.1. The summed E-state index contributed by atoms with van der Waals surface area (Å²) in [6.07, 6.45) is 1.14. The van der Waals surface area contributed by atoms with Crippen LogP contribution in [-0.4, -0.2) is 13.6 Å². The van der Waals surface area contributed by atoms with Crippen LogP contribution in [0.1, 0.15) is 31.9 Å². The molecule has 3 heteroatoms. The highest BCUT2D eigenvalue weighted by Crippen LogP contribution is 2.33. The second-order valence-electron chi connectivity index (χ2n) is 5.27. The molecule has 0 heterocycles. The van der Waals surface area contributed by atoms with Crippen LogP contribution in [0.25, 0.3) is 0 Å². The van der Waals surface area contributed by atoms with Crippen molar-refractivity contribution in [2.75, 3.05) is 18.5 Å². The first-order valence-electron chi connectivity index (χ1n) is 7.45. The number of benzene rings is 2. The van der Waals surface area contributed by atoms with Gasteiger partial charge in [-0.15, -0.1) is 0 Å². The lowest BCUT2D eigenvalue weighted by molar-refractivity contribution is 0.571. The van der Waals surface area contributed by atoms with Gasteiger partial charge in [-0.3, -0.25) is 0 Å². The fourth-order valence-electron chi connectivity index (χ4n) is 2.43. The van der Waals surface area contributed by atoms with Crippen molar-refractivity contribution in [1.29, 1.82) is 0 Å².